The molecule has 1 saturated heterocycles. The van der Waals surface area contributed by atoms with Gasteiger partial charge in [0.1, 0.15) is 0 Å². The van der Waals surface area contributed by atoms with Crippen molar-refractivity contribution in [2.75, 3.05) is 46.8 Å². The van der Waals surface area contributed by atoms with E-state index in [0.717, 1.165) is 0 Å². The van der Waals surface area contributed by atoms with Crippen molar-refractivity contribution in [2.24, 2.45) is 11.1 Å². The quantitative estimate of drug-likeness (QED) is 0.792. The van der Waals surface area contributed by atoms with Gasteiger partial charge in [0.25, 0.3) is 0 Å². The highest BCUT2D eigenvalue weighted by Gasteiger charge is 2.28. The van der Waals surface area contributed by atoms with Crippen LogP contribution in [0.1, 0.15) is 27.2 Å². The Kier molecular flexibility index (Phi) is 6.16. The van der Waals surface area contributed by atoms with Gasteiger partial charge in [-0.15, -0.1) is 0 Å². The van der Waals surface area contributed by atoms with Crippen LogP contribution in [0, 0.1) is 5.41 Å². The predicted molar refractivity (Wildman–Crippen MR) is 83.8 cm³/mol. The van der Waals surface area contributed by atoms with Crippen LogP contribution in [-0.2, 0) is 9.59 Å². The summed E-state index contributed by atoms with van der Waals surface area (Å²) in [5, 5.41) is 0. The van der Waals surface area contributed by atoms with Gasteiger partial charge >= 0.3 is 0 Å². The second-order valence-electron chi connectivity index (χ2n) is 7.18. The average Bonchev–Trinajstić information content (AvgIpc) is 2.36. The summed E-state index contributed by atoms with van der Waals surface area (Å²) in [6, 6.07) is -0.140. The molecular weight excluding hydrogens is 268 g/mol. The van der Waals surface area contributed by atoms with Gasteiger partial charge < -0.3 is 20.4 Å². The molecule has 122 valence electrons. The Morgan fingerprint density at radius 3 is 1.86 bits per heavy atom. The maximum atomic E-state index is 12.2. The maximum Gasteiger partial charge on any atom is 0.236 e. The lowest BCUT2D eigenvalue weighted by Crippen LogP contribution is -2.53. The maximum absolute atomic E-state index is 12.2. The van der Waals surface area contributed by atoms with Crippen molar-refractivity contribution < 1.29 is 9.59 Å². The molecule has 1 aliphatic heterocycles. The van der Waals surface area contributed by atoms with Gasteiger partial charge in [0.2, 0.25) is 11.8 Å². The summed E-state index contributed by atoms with van der Waals surface area (Å²) < 4.78 is 0. The van der Waals surface area contributed by atoms with Crippen LogP contribution < -0.4 is 5.73 Å². The zero-order chi connectivity index (χ0) is 16.2. The monoisotopic (exact) mass is 298 g/mol. The van der Waals surface area contributed by atoms with E-state index in [1.165, 1.54) is 0 Å². The fourth-order valence-electron chi connectivity index (χ4n) is 2.20. The molecule has 0 radical (unpaired) electrons. The first kappa shape index (κ1) is 17.9. The smallest absolute Gasteiger partial charge is 0.236 e. The summed E-state index contributed by atoms with van der Waals surface area (Å²) in [6.45, 7) is 8.99. The number of likely N-dealkylation sites (N-methyl/N-ethyl adjacent to an activating group) is 1. The Bertz CT molecular complexity index is 368. The molecule has 0 aliphatic carbocycles. The number of carbonyl (C=O) groups is 2. The number of carbonyl (C=O) groups excluding carboxylic acids is 2. The van der Waals surface area contributed by atoms with Crippen LogP contribution in [0.5, 0.6) is 0 Å². The third-order valence-corrected chi connectivity index (χ3v) is 3.94. The van der Waals surface area contributed by atoms with Crippen molar-refractivity contribution in [3.8, 4) is 0 Å². The lowest BCUT2D eigenvalue weighted by atomic mass is 9.85. The normalized spacial score (nSPS) is 18.0. The Hall–Kier alpha value is -1.14. The molecule has 21 heavy (non-hydrogen) atoms. The highest BCUT2D eigenvalue weighted by molar-refractivity contribution is 5.80. The summed E-state index contributed by atoms with van der Waals surface area (Å²) in [5.74, 6) is 0.218. The molecule has 0 saturated carbocycles. The van der Waals surface area contributed by atoms with Crippen molar-refractivity contribution in [3.05, 3.63) is 0 Å². The number of hydrogen-bond donors (Lipinski definition) is 1. The van der Waals surface area contributed by atoms with Gasteiger partial charge in [0.05, 0.1) is 6.54 Å². The number of piperazine rings is 1. The van der Waals surface area contributed by atoms with Gasteiger partial charge in [-0.3, -0.25) is 9.59 Å². The molecule has 1 heterocycles. The minimum absolute atomic E-state index is 0.0703. The largest absolute Gasteiger partial charge is 0.339 e. The van der Waals surface area contributed by atoms with E-state index in [2.05, 4.69) is 0 Å². The molecule has 1 aliphatic rings. The molecule has 6 heteroatoms. The van der Waals surface area contributed by atoms with Gasteiger partial charge in [-0.25, -0.2) is 0 Å². The Morgan fingerprint density at radius 2 is 1.48 bits per heavy atom. The van der Waals surface area contributed by atoms with Crippen molar-refractivity contribution in [1.29, 1.82) is 0 Å². The third-order valence-electron chi connectivity index (χ3n) is 3.94. The molecule has 1 atom stereocenters. The van der Waals surface area contributed by atoms with Crippen molar-refractivity contribution in [3.63, 3.8) is 0 Å². The second-order valence-corrected chi connectivity index (χ2v) is 7.18. The lowest BCUT2D eigenvalue weighted by molar-refractivity contribution is -0.140. The molecule has 0 aromatic rings. The van der Waals surface area contributed by atoms with E-state index in [4.69, 9.17) is 5.73 Å². The number of nitrogens with two attached hydrogens (primary N) is 1. The molecule has 0 aromatic heterocycles. The van der Waals surface area contributed by atoms with E-state index in [1.54, 1.807) is 0 Å². The first-order valence-electron chi connectivity index (χ1n) is 7.57. The van der Waals surface area contributed by atoms with E-state index >= 15 is 0 Å². The first-order valence-corrected chi connectivity index (χ1v) is 7.57. The second kappa shape index (κ2) is 7.22. The summed E-state index contributed by atoms with van der Waals surface area (Å²) in [7, 11) is 3.76. The Balaban J connectivity index is 2.42. The standard InChI is InChI=1S/C15H30N4O2/c1-15(2,3)12(16)10-13(20)18-6-8-19(9-7-18)14(21)11-17(4)5/h12H,6-11,16H2,1-5H3. The zero-order valence-electron chi connectivity index (χ0n) is 14.1. The van der Waals surface area contributed by atoms with E-state index in [0.29, 0.717) is 39.1 Å². The minimum Gasteiger partial charge on any atom is -0.339 e. The highest BCUT2D eigenvalue weighted by Crippen LogP contribution is 2.20. The summed E-state index contributed by atoms with van der Waals surface area (Å²) in [6.07, 6.45) is 0.370. The van der Waals surface area contributed by atoms with Crippen molar-refractivity contribution in [1.82, 2.24) is 14.7 Å². The minimum atomic E-state index is -0.140. The molecular formula is C15H30N4O2. The molecule has 2 N–H and O–H groups in total. The molecule has 1 fully saturated rings. The number of amides is 2. The number of rotatable bonds is 4. The molecule has 1 unspecified atom stereocenters. The van der Waals surface area contributed by atoms with Crippen LogP contribution in [0.3, 0.4) is 0 Å². The Labute approximate surface area is 128 Å². The van der Waals surface area contributed by atoms with Gasteiger partial charge in [-0.1, -0.05) is 20.8 Å². The topological polar surface area (TPSA) is 69.9 Å². The molecule has 2 amide bonds. The fraction of sp³-hybridized carbons (Fsp3) is 0.867. The predicted octanol–water partition coefficient (Wildman–Crippen LogP) is -0.0177. The highest BCUT2D eigenvalue weighted by atomic mass is 16.2. The molecule has 0 spiro atoms. The lowest BCUT2D eigenvalue weighted by Gasteiger charge is -2.36. The van der Waals surface area contributed by atoms with Crippen molar-refractivity contribution in [2.45, 2.75) is 33.2 Å². The van der Waals surface area contributed by atoms with Crippen LogP contribution in [0.4, 0.5) is 0 Å². The Morgan fingerprint density at radius 1 is 1.05 bits per heavy atom. The molecule has 1 rings (SSSR count). The van der Waals surface area contributed by atoms with E-state index in [-0.39, 0.29) is 23.3 Å². The SMILES string of the molecule is CN(C)CC(=O)N1CCN(C(=O)CC(N)C(C)(C)C)CC1. The molecule has 6 nitrogen and oxygen atoms in total. The number of hydrogen-bond acceptors (Lipinski definition) is 4. The van der Waals surface area contributed by atoms with Crippen molar-refractivity contribution >= 4 is 11.8 Å². The van der Waals surface area contributed by atoms with Crippen LogP contribution in [0.15, 0.2) is 0 Å². The summed E-state index contributed by atoms with van der Waals surface area (Å²) in [5.41, 5.74) is 6.00. The van der Waals surface area contributed by atoms with Crippen LogP contribution in [-0.4, -0.2) is 79.4 Å². The molecule has 0 bridgehead atoms. The zero-order valence-corrected chi connectivity index (χ0v) is 14.1. The first-order chi connectivity index (χ1) is 9.61. The van der Waals surface area contributed by atoms with Crippen LogP contribution in [0.25, 0.3) is 0 Å². The van der Waals surface area contributed by atoms with E-state index < -0.39 is 0 Å². The van der Waals surface area contributed by atoms with E-state index in [9.17, 15) is 9.59 Å². The van der Waals surface area contributed by atoms with Gasteiger partial charge in [0, 0.05) is 38.6 Å². The summed E-state index contributed by atoms with van der Waals surface area (Å²) in [4.78, 5) is 29.7. The van der Waals surface area contributed by atoms with Crippen LogP contribution in [0.2, 0.25) is 0 Å². The fourth-order valence-corrected chi connectivity index (χ4v) is 2.20. The summed E-state index contributed by atoms with van der Waals surface area (Å²) >= 11 is 0. The average molecular weight is 298 g/mol. The van der Waals surface area contributed by atoms with Crippen LogP contribution >= 0.6 is 0 Å². The molecule has 0 aromatic carbocycles. The van der Waals surface area contributed by atoms with Gasteiger partial charge in [-0.2, -0.15) is 0 Å². The van der Waals surface area contributed by atoms with E-state index in [1.807, 2.05) is 49.6 Å². The van der Waals surface area contributed by atoms with Gasteiger partial charge in [-0.05, 0) is 19.5 Å². The third kappa shape index (κ3) is 5.63. The van der Waals surface area contributed by atoms with Gasteiger partial charge in [0.15, 0.2) is 0 Å². The number of nitrogens with zero attached hydrogens (tertiary/aromatic N) is 3.